The third-order valence-electron chi connectivity index (χ3n) is 3.67. The van der Waals surface area contributed by atoms with Crippen molar-refractivity contribution in [3.63, 3.8) is 0 Å². The maximum atomic E-state index is 12.2. The van der Waals surface area contributed by atoms with E-state index in [1.54, 1.807) is 11.6 Å². The lowest BCUT2D eigenvalue weighted by Gasteiger charge is -2.08. The van der Waals surface area contributed by atoms with E-state index in [-0.39, 0.29) is 11.6 Å². The molecule has 1 N–H and O–H groups in total. The maximum absolute atomic E-state index is 12.2. The van der Waals surface area contributed by atoms with Gasteiger partial charge in [0.1, 0.15) is 5.54 Å². The second-order valence-corrected chi connectivity index (χ2v) is 5.42. The first kappa shape index (κ1) is 13.3. The molecule has 0 atom stereocenters. The van der Waals surface area contributed by atoms with Gasteiger partial charge in [-0.3, -0.25) is 4.79 Å². The zero-order valence-electron chi connectivity index (χ0n) is 11.9. The maximum Gasteiger partial charge on any atom is 0.275 e. The number of benzene rings is 1. The number of amides is 1. The summed E-state index contributed by atoms with van der Waals surface area (Å²) < 4.78 is 1.63. The highest BCUT2D eigenvalue weighted by atomic mass is 16.2. The van der Waals surface area contributed by atoms with E-state index in [0.29, 0.717) is 18.5 Å². The first-order chi connectivity index (χ1) is 10.0. The number of nitrogens with zero attached hydrogens (tertiary/aromatic N) is 4. The molecule has 0 unspecified atom stereocenters. The standard InChI is InChI=1S/C15H15N5O/c1-10-4-3-5-12(8-10)20-11(2)13(18-19-20)14(21)17-15(9-16)6-7-15/h3-5,8H,6-7H2,1-2H3,(H,17,21). The molecule has 1 heterocycles. The Balaban J connectivity index is 1.89. The first-order valence-corrected chi connectivity index (χ1v) is 6.78. The van der Waals surface area contributed by atoms with Gasteiger partial charge in [0.05, 0.1) is 17.5 Å². The van der Waals surface area contributed by atoms with Crippen LogP contribution in [0.3, 0.4) is 0 Å². The summed E-state index contributed by atoms with van der Waals surface area (Å²) in [7, 11) is 0. The summed E-state index contributed by atoms with van der Waals surface area (Å²) in [6.07, 6.45) is 1.39. The summed E-state index contributed by atoms with van der Waals surface area (Å²) in [4.78, 5) is 12.2. The average molecular weight is 281 g/mol. The van der Waals surface area contributed by atoms with Gasteiger partial charge in [-0.1, -0.05) is 17.3 Å². The number of carbonyl (C=O) groups excluding carboxylic acids is 1. The van der Waals surface area contributed by atoms with Crippen LogP contribution in [0, 0.1) is 25.2 Å². The van der Waals surface area contributed by atoms with Crippen molar-refractivity contribution in [1.29, 1.82) is 5.26 Å². The summed E-state index contributed by atoms with van der Waals surface area (Å²) in [6.45, 7) is 3.79. The molecule has 6 nitrogen and oxygen atoms in total. The van der Waals surface area contributed by atoms with Crippen molar-refractivity contribution in [2.75, 3.05) is 0 Å². The Morgan fingerprint density at radius 1 is 1.43 bits per heavy atom. The summed E-state index contributed by atoms with van der Waals surface area (Å²) >= 11 is 0. The molecule has 1 amide bonds. The van der Waals surface area contributed by atoms with Crippen LogP contribution in [-0.2, 0) is 0 Å². The van der Waals surface area contributed by atoms with Gasteiger partial charge in [0.2, 0.25) is 0 Å². The van der Waals surface area contributed by atoms with E-state index in [1.807, 2.05) is 31.2 Å². The summed E-state index contributed by atoms with van der Waals surface area (Å²) in [5, 5.41) is 19.8. The lowest BCUT2D eigenvalue weighted by molar-refractivity contribution is 0.0936. The number of rotatable bonds is 3. The Bertz CT molecular complexity index is 752. The average Bonchev–Trinajstić information content (AvgIpc) is 3.12. The fourth-order valence-electron chi connectivity index (χ4n) is 2.21. The highest BCUT2D eigenvalue weighted by Gasteiger charge is 2.45. The Hall–Kier alpha value is -2.68. The molecule has 0 radical (unpaired) electrons. The number of aromatic nitrogens is 3. The van der Waals surface area contributed by atoms with Crippen molar-refractivity contribution in [3.8, 4) is 11.8 Å². The molecule has 1 aliphatic rings. The molecule has 1 aromatic carbocycles. The minimum Gasteiger partial charge on any atom is -0.332 e. The molecule has 1 aromatic heterocycles. The van der Waals surface area contributed by atoms with Crippen molar-refractivity contribution in [2.24, 2.45) is 0 Å². The number of carbonyl (C=O) groups is 1. The molecule has 2 aromatic rings. The van der Waals surface area contributed by atoms with Crippen LogP contribution in [-0.4, -0.2) is 26.4 Å². The molecule has 1 saturated carbocycles. The Morgan fingerprint density at radius 3 is 2.81 bits per heavy atom. The van der Waals surface area contributed by atoms with Crippen molar-refractivity contribution < 1.29 is 4.79 Å². The van der Waals surface area contributed by atoms with E-state index in [9.17, 15) is 4.79 Å². The van der Waals surface area contributed by atoms with Gasteiger partial charge >= 0.3 is 0 Å². The van der Waals surface area contributed by atoms with Crippen molar-refractivity contribution in [1.82, 2.24) is 20.3 Å². The molecule has 0 bridgehead atoms. The minimum atomic E-state index is -0.698. The van der Waals surface area contributed by atoms with Crippen LogP contribution in [0.5, 0.6) is 0 Å². The number of aryl methyl sites for hydroxylation is 1. The van der Waals surface area contributed by atoms with Crippen LogP contribution in [0.2, 0.25) is 0 Å². The minimum absolute atomic E-state index is 0.262. The van der Waals surface area contributed by atoms with Gasteiger partial charge in [-0.15, -0.1) is 5.10 Å². The largest absolute Gasteiger partial charge is 0.332 e. The highest BCUT2D eigenvalue weighted by molar-refractivity contribution is 5.94. The van der Waals surface area contributed by atoms with E-state index >= 15 is 0 Å². The number of nitrogens with one attached hydrogen (secondary N) is 1. The summed E-state index contributed by atoms with van der Waals surface area (Å²) in [5.74, 6) is -0.342. The first-order valence-electron chi connectivity index (χ1n) is 6.78. The fraction of sp³-hybridized carbons (Fsp3) is 0.333. The van der Waals surface area contributed by atoms with Crippen LogP contribution < -0.4 is 5.32 Å². The molecule has 106 valence electrons. The van der Waals surface area contributed by atoms with Gasteiger partial charge in [-0.25, -0.2) is 4.68 Å². The summed E-state index contributed by atoms with van der Waals surface area (Å²) in [6, 6.07) is 9.94. The molecule has 1 fully saturated rings. The van der Waals surface area contributed by atoms with E-state index in [0.717, 1.165) is 11.3 Å². The Labute approximate surface area is 122 Å². The molecule has 1 aliphatic carbocycles. The topological polar surface area (TPSA) is 83.6 Å². The Morgan fingerprint density at radius 2 is 2.19 bits per heavy atom. The molecule has 6 heteroatoms. The van der Waals surface area contributed by atoms with Gasteiger partial charge in [0.15, 0.2) is 5.69 Å². The lowest BCUT2D eigenvalue weighted by Crippen LogP contribution is -2.36. The van der Waals surface area contributed by atoms with Crippen LogP contribution >= 0.6 is 0 Å². The lowest BCUT2D eigenvalue weighted by atomic mass is 10.2. The summed E-state index contributed by atoms with van der Waals surface area (Å²) in [5.41, 5.74) is 2.19. The van der Waals surface area contributed by atoms with Gasteiger partial charge < -0.3 is 5.32 Å². The molecule has 0 aliphatic heterocycles. The molecule has 3 rings (SSSR count). The Kier molecular flexibility index (Phi) is 2.98. The van der Waals surface area contributed by atoms with E-state index in [1.165, 1.54) is 0 Å². The molecule has 0 saturated heterocycles. The van der Waals surface area contributed by atoms with Crippen LogP contribution in [0.15, 0.2) is 24.3 Å². The van der Waals surface area contributed by atoms with Crippen LogP contribution in [0.4, 0.5) is 0 Å². The van der Waals surface area contributed by atoms with E-state index in [4.69, 9.17) is 5.26 Å². The van der Waals surface area contributed by atoms with Crippen molar-refractivity contribution in [2.45, 2.75) is 32.2 Å². The van der Waals surface area contributed by atoms with Gasteiger partial charge in [-0.2, -0.15) is 5.26 Å². The van der Waals surface area contributed by atoms with Crippen LogP contribution in [0.1, 0.15) is 34.6 Å². The molecular formula is C15H15N5O. The van der Waals surface area contributed by atoms with Gasteiger partial charge in [0, 0.05) is 0 Å². The predicted molar refractivity (Wildman–Crippen MR) is 75.9 cm³/mol. The van der Waals surface area contributed by atoms with Gasteiger partial charge in [-0.05, 0) is 44.4 Å². The quantitative estimate of drug-likeness (QED) is 0.927. The van der Waals surface area contributed by atoms with Gasteiger partial charge in [0.25, 0.3) is 5.91 Å². The fourth-order valence-corrected chi connectivity index (χ4v) is 2.21. The zero-order chi connectivity index (χ0) is 15.0. The third-order valence-corrected chi connectivity index (χ3v) is 3.67. The molecular weight excluding hydrogens is 266 g/mol. The third kappa shape index (κ3) is 2.38. The molecule has 21 heavy (non-hydrogen) atoms. The molecule has 0 spiro atoms. The zero-order valence-corrected chi connectivity index (χ0v) is 11.9. The smallest absolute Gasteiger partial charge is 0.275 e. The number of nitriles is 1. The predicted octanol–water partition coefficient (Wildman–Crippen LogP) is 1.67. The SMILES string of the molecule is Cc1cccc(-n2nnc(C(=O)NC3(C#N)CC3)c2C)c1. The monoisotopic (exact) mass is 281 g/mol. The van der Waals surface area contributed by atoms with Crippen molar-refractivity contribution >= 4 is 5.91 Å². The van der Waals surface area contributed by atoms with E-state index in [2.05, 4.69) is 21.7 Å². The van der Waals surface area contributed by atoms with Crippen LogP contribution in [0.25, 0.3) is 5.69 Å². The van der Waals surface area contributed by atoms with E-state index < -0.39 is 5.54 Å². The highest BCUT2D eigenvalue weighted by Crippen LogP contribution is 2.34. The number of hydrogen-bond donors (Lipinski definition) is 1. The second-order valence-electron chi connectivity index (χ2n) is 5.42. The number of hydrogen-bond acceptors (Lipinski definition) is 4. The normalized spacial score (nSPS) is 15.3. The van der Waals surface area contributed by atoms with Crippen molar-refractivity contribution in [3.05, 3.63) is 41.2 Å². The second kappa shape index (κ2) is 4.70.